The van der Waals surface area contributed by atoms with Crippen molar-refractivity contribution in [1.29, 1.82) is 0 Å². The van der Waals surface area contributed by atoms with Gasteiger partial charge in [0.1, 0.15) is 0 Å². The lowest BCUT2D eigenvalue weighted by Crippen LogP contribution is -2.60. The van der Waals surface area contributed by atoms with Crippen LogP contribution in [0.5, 0.6) is 0 Å². The van der Waals surface area contributed by atoms with Gasteiger partial charge in [-0.3, -0.25) is 0 Å². The van der Waals surface area contributed by atoms with Crippen LogP contribution >= 0.6 is 34.4 Å². The molecule has 0 spiro atoms. The molecule has 0 aliphatic carbocycles. The van der Waals surface area contributed by atoms with Crippen molar-refractivity contribution >= 4 is 137 Å². The van der Waals surface area contributed by atoms with E-state index in [1.165, 1.54) is 133 Å². The second-order valence-corrected chi connectivity index (χ2v) is 22.4. The fraction of sp³-hybridized carbons (Fsp3) is 0. The van der Waals surface area contributed by atoms with Crippen LogP contribution in [0.25, 0.3) is 101 Å². The number of fused-ring (bicyclic) bond motifs is 13. The zero-order valence-electron chi connectivity index (χ0n) is 38.7. The molecule has 5 heterocycles. The number of hydrogen-bond donors (Lipinski definition) is 0. The highest BCUT2D eigenvalue weighted by Gasteiger charge is 2.42. The van der Waals surface area contributed by atoms with Crippen LogP contribution in [0.3, 0.4) is 0 Å². The predicted octanol–water partition coefficient (Wildman–Crippen LogP) is 17.3. The average Bonchev–Trinajstić information content (AvgIpc) is 4.12. The molecule has 0 fully saturated rings. The minimum Gasteiger partial charge on any atom is -0.311 e. The van der Waals surface area contributed by atoms with Crippen LogP contribution in [0.2, 0.25) is 0 Å². The van der Waals surface area contributed by atoms with Gasteiger partial charge in [-0.15, -0.1) is 22.7 Å². The molecule has 0 bridgehead atoms. The molecule has 2 aliphatic rings. The Labute approximate surface area is 428 Å². The summed E-state index contributed by atoms with van der Waals surface area (Å²) in [6.45, 7) is -0.0192. The van der Waals surface area contributed by atoms with Crippen LogP contribution in [0.15, 0.2) is 246 Å². The van der Waals surface area contributed by atoms with E-state index in [0.717, 1.165) is 11.4 Å². The average molecular weight is 967 g/mol. The fourth-order valence-corrected chi connectivity index (χ4v) is 15.4. The van der Waals surface area contributed by atoms with Gasteiger partial charge in [-0.1, -0.05) is 181 Å². The third-order valence-corrected chi connectivity index (χ3v) is 18.7. The van der Waals surface area contributed by atoms with Gasteiger partial charge in [0.25, 0.3) is 0 Å². The molecule has 0 atom stereocenters. The normalized spacial score (nSPS) is 12.9. The van der Waals surface area contributed by atoms with Gasteiger partial charge in [-0.05, 0) is 117 Å². The Bertz CT molecular complexity index is 4510. The van der Waals surface area contributed by atoms with E-state index < -0.39 is 0 Å². The van der Waals surface area contributed by atoms with Gasteiger partial charge >= 0.3 is 0 Å². The molecule has 3 aromatic heterocycles. The van der Waals surface area contributed by atoms with Gasteiger partial charge in [-0.25, -0.2) is 0 Å². The summed E-state index contributed by atoms with van der Waals surface area (Å²) >= 11 is 5.69. The van der Waals surface area contributed by atoms with Gasteiger partial charge < -0.3 is 9.47 Å². The smallest absolute Gasteiger partial charge is 0.249 e. The maximum atomic E-state index is 2.56. The van der Waals surface area contributed by atoms with Gasteiger partial charge in [0.2, 0.25) is 6.71 Å². The molecule has 72 heavy (non-hydrogen) atoms. The van der Waals surface area contributed by atoms with E-state index in [0.29, 0.717) is 0 Å². The lowest BCUT2D eigenvalue weighted by molar-refractivity contribution is 1.15. The molecule has 6 heteroatoms. The SMILES string of the molecule is c1ccc(-c2ccc(N3c4ccc(-c5ccc6c(c5)sc5ccccc56)cc4B4c5cc(-c6ccc7c(c6)sc6ccccc67)ccc5Sc5cc(-n6c7ccccc7c7ccccc76)cc3c54)cc2)cc1. The van der Waals surface area contributed by atoms with E-state index in [9.17, 15) is 0 Å². The quantitative estimate of drug-likeness (QED) is 0.159. The summed E-state index contributed by atoms with van der Waals surface area (Å²) in [7, 11) is 0. The first-order valence-electron chi connectivity index (χ1n) is 24.6. The van der Waals surface area contributed by atoms with Gasteiger partial charge in [0.05, 0.1) is 11.0 Å². The Hall–Kier alpha value is -8.13. The molecule has 0 saturated heterocycles. The van der Waals surface area contributed by atoms with E-state index in [4.69, 9.17) is 0 Å². The Kier molecular flexibility index (Phi) is 8.84. The molecule has 0 unspecified atom stereocenters. The van der Waals surface area contributed by atoms with E-state index in [2.05, 4.69) is 246 Å². The minimum absolute atomic E-state index is 0.0192. The van der Waals surface area contributed by atoms with Crippen molar-refractivity contribution in [3.05, 3.63) is 237 Å². The molecule has 16 rings (SSSR count). The van der Waals surface area contributed by atoms with Crippen LogP contribution in [-0.2, 0) is 0 Å². The second-order valence-electron chi connectivity index (χ2n) is 19.2. The van der Waals surface area contributed by atoms with Crippen molar-refractivity contribution in [2.24, 2.45) is 0 Å². The lowest BCUT2D eigenvalue weighted by atomic mass is 9.34. The highest BCUT2D eigenvalue weighted by Crippen LogP contribution is 2.46. The zero-order valence-corrected chi connectivity index (χ0v) is 41.2. The molecule has 0 N–H and O–H groups in total. The minimum atomic E-state index is -0.0192. The maximum Gasteiger partial charge on any atom is 0.249 e. The molecule has 11 aromatic carbocycles. The first kappa shape index (κ1) is 40.6. The molecule has 2 nitrogen and oxygen atoms in total. The van der Waals surface area contributed by atoms with E-state index >= 15 is 0 Å². The third kappa shape index (κ3) is 6.10. The number of nitrogens with zero attached hydrogens (tertiary/aromatic N) is 2. The summed E-state index contributed by atoms with van der Waals surface area (Å²) in [5.41, 5.74) is 18.5. The number of hydrogen-bond acceptors (Lipinski definition) is 4. The van der Waals surface area contributed by atoms with Crippen molar-refractivity contribution < 1.29 is 0 Å². The van der Waals surface area contributed by atoms with Crippen LogP contribution in [0.1, 0.15) is 0 Å². The number of benzene rings is 11. The van der Waals surface area contributed by atoms with Crippen molar-refractivity contribution in [3.63, 3.8) is 0 Å². The Morgan fingerprint density at radius 2 is 0.806 bits per heavy atom. The molecule has 0 radical (unpaired) electrons. The third-order valence-electron chi connectivity index (χ3n) is 15.2. The molecule has 334 valence electrons. The number of para-hydroxylation sites is 2. The number of anilines is 3. The standard InChI is InChI=1S/C66H39BN2S3/c1-2-12-40(13-3-1)41-22-28-46(29-23-41)68-58-32-26-42(44-24-30-52-50-16-6-10-20-60(50)70-63(52)36-44)34-54(58)67-55-35-43(45-25-31-53-51-17-7-11-21-61(51)71-64(53)37-45)27-33-62(55)72-65-39-47(38-59(68)66(65)67)69-56-18-8-4-14-48(56)49-15-5-9-19-57(49)69/h1-39H. The largest absolute Gasteiger partial charge is 0.311 e. The monoisotopic (exact) mass is 966 g/mol. The van der Waals surface area contributed by atoms with Crippen LogP contribution in [0.4, 0.5) is 17.1 Å². The Morgan fingerprint density at radius 1 is 0.306 bits per heavy atom. The van der Waals surface area contributed by atoms with Gasteiger partial charge in [0.15, 0.2) is 0 Å². The van der Waals surface area contributed by atoms with E-state index in [1.807, 2.05) is 34.4 Å². The molecule has 0 amide bonds. The number of thiophene rings is 2. The van der Waals surface area contributed by atoms with E-state index in [1.54, 1.807) is 0 Å². The van der Waals surface area contributed by atoms with Crippen molar-refractivity contribution in [2.75, 3.05) is 4.90 Å². The van der Waals surface area contributed by atoms with Crippen molar-refractivity contribution in [1.82, 2.24) is 4.57 Å². The van der Waals surface area contributed by atoms with Gasteiger partial charge in [0, 0.05) is 83.7 Å². The summed E-state index contributed by atoms with van der Waals surface area (Å²) in [5, 5.41) is 7.82. The van der Waals surface area contributed by atoms with Crippen LogP contribution in [-0.4, -0.2) is 11.3 Å². The first-order chi connectivity index (χ1) is 35.7. The molecule has 14 aromatic rings. The predicted molar refractivity (Wildman–Crippen MR) is 313 cm³/mol. The Balaban J connectivity index is 0.946. The first-order valence-corrected chi connectivity index (χ1v) is 27.0. The molecular formula is C66H39BN2S3. The zero-order chi connectivity index (χ0) is 47.0. The summed E-state index contributed by atoms with van der Waals surface area (Å²) < 4.78 is 7.78. The van der Waals surface area contributed by atoms with Crippen LogP contribution in [0, 0.1) is 0 Å². The highest BCUT2D eigenvalue weighted by atomic mass is 32.2. The topological polar surface area (TPSA) is 8.17 Å². The van der Waals surface area contributed by atoms with Crippen molar-refractivity contribution in [2.45, 2.75) is 9.79 Å². The summed E-state index contributed by atoms with van der Waals surface area (Å²) in [4.78, 5) is 5.14. The second kappa shape index (κ2) is 15.7. The summed E-state index contributed by atoms with van der Waals surface area (Å²) in [5.74, 6) is 0. The molecular weight excluding hydrogens is 928 g/mol. The highest BCUT2D eigenvalue weighted by molar-refractivity contribution is 8.00. The van der Waals surface area contributed by atoms with Crippen LogP contribution < -0.4 is 21.3 Å². The fourth-order valence-electron chi connectivity index (χ4n) is 12.0. The summed E-state index contributed by atoms with van der Waals surface area (Å²) in [6.07, 6.45) is 0. The number of rotatable bonds is 5. The van der Waals surface area contributed by atoms with Gasteiger partial charge in [-0.2, -0.15) is 0 Å². The molecule has 2 aliphatic heterocycles. The van der Waals surface area contributed by atoms with Crippen molar-refractivity contribution in [3.8, 4) is 39.1 Å². The maximum absolute atomic E-state index is 2.56. The Morgan fingerprint density at radius 3 is 1.46 bits per heavy atom. The lowest BCUT2D eigenvalue weighted by Gasteiger charge is -2.41. The van der Waals surface area contributed by atoms with E-state index in [-0.39, 0.29) is 6.71 Å². The molecule has 0 saturated carbocycles. The number of aromatic nitrogens is 1. The summed E-state index contributed by atoms with van der Waals surface area (Å²) in [6, 6.07) is 88.9.